The fourth-order valence-corrected chi connectivity index (χ4v) is 1.51. The Morgan fingerprint density at radius 3 is 2.63 bits per heavy atom. The molecule has 1 aromatic heterocycles. The van der Waals surface area contributed by atoms with E-state index in [1.54, 1.807) is 48.3 Å². The second-order valence-corrected chi connectivity index (χ2v) is 3.96. The number of nitrogens with zero attached hydrogens (tertiary/aromatic N) is 2. The molecule has 0 bridgehead atoms. The molecule has 0 unspecified atom stereocenters. The van der Waals surface area contributed by atoms with Crippen molar-refractivity contribution in [1.29, 1.82) is 0 Å². The van der Waals surface area contributed by atoms with Crippen molar-refractivity contribution in [2.45, 2.75) is 0 Å². The molecule has 1 heterocycles. The largest absolute Gasteiger partial charge is 0.343 e. The fraction of sp³-hybridized carbons (Fsp3) is 0.154. The second kappa shape index (κ2) is 5.81. The summed E-state index contributed by atoms with van der Waals surface area (Å²) in [6, 6.07) is 8.73. The number of carbonyl (C=O) groups excluding carboxylic acids is 2. The number of benzene rings is 1. The Morgan fingerprint density at radius 2 is 2.00 bits per heavy atom. The van der Waals surface area contributed by atoms with Gasteiger partial charge in [0.05, 0.1) is 6.54 Å². The van der Waals surface area contributed by atoms with Crippen molar-refractivity contribution in [1.82, 2.24) is 14.9 Å². The number of aryl methyl sites for hydroxylation is 1. The van der Waals surface area contributed by atoms with Gasteiger partial charge in [-0.2, -0.15) is 0 Å². The van der Waals surface area contributed by atoms with Crippen LogP contribution in [0.5, 0.6) is 0 Å². The molecule has 19 heavy (non-hydrogen) atoms. The number of nitrogens with one attached hydrogen (secondary N) is 2. The van der Waals surface area contributed by atoms with E-state index in [1.807, 2.05) is 6.07 Å². The summed E-state index contributed by atoms with van der Waals surface area (Å²) in [5.74, 6) is -0.159. The van der Waals surface area contributed by atoms with Gasteiger partial charge >= 0.3 is 0 Å². The van der Waals surface area contributed by atoms with E-state index in [0.29, 0.717) is 11.5 Å². The highest BCUT2D eigenvalue weighted by molar-refractivity contribution is 5.98. The number of hydrogen-bond donors (Lipinski definition) is 2. The number of imidazole rings is 1. The molecule has 0 spiro atoms. The Labute approximate surface area is 110 Å². The highest BCUT2D eigenvalue weighted by Gasteiger charge is 2.09. The van der Waals surface area contributed by atoms with Crippen molar-refractivity contribution in [3.8, 4) is 0 Å². The first-order valence-corrected chi connectivity index (χ1v) is 5.77. The van der Waals surface area contributed by atoms with Gasteiger partial charge in [0.2, 0.25) is 11.9 Å². The maximum Gasteiger partial charge on any atom is 0.251 e. The average molecular weight is 258 g/mol. The molecule has 6 nitrogen and oxygen atoms in total. The normalized spacial score (nSPS) is 9.95. The molecule has 0 saturated heterocycles. The molecule has 0 fully saturated rings. The molecular formula is C13H14N4O2. The van der Waals surface area contributed by atoms with Gasteiger partial charge in [-0.25, -0.2) is 4.98 Å². The van der Waals surface area contributed by atoms with Crippen LogP contribution in [0.25, 0.3) is 0 Å². The molecule has 2 amide bonds. The molecule has 6 heteroatoms. The van der Waals surface area contributed by atoms with E-state index in [-0.39, 0.29) is 18.4 Å². The van der Waals surface area contributed by atoms with Gasteiger partial charge in [-0.3, -0.25) is 14.9 Å². The van der Waals surface area contributed by atoms with E-state index in [2.05, 4.69) is 15.6 Å². The maximum absolute atomic E-state index is 11.7. The molecule has 2 rings (SSSR count). The third-order valence-corrected chi connectivity index (χ3v) is 2.52. The van der Waals surface area contributed by atoms with Crippen LogP contribution in [0.3, 0.4) is 0 Å². The summed E-state index contributed by atoms with van der Waals surface area (Å²) in [6.45, 7) is -0.0966. The van der Waals surface area contributed by atoms with E-state index in [9.17, 15) is 9.59 Å². The number of amides is 2. The van der Waals surface area contributed by atoms with Crippen LogP contribution in [0, 0.1) is 0 Å². The minimum Gasteiger partial charge on any atom is -0.343 e. The Morgan fingerprint density at radius 1 is 1.26 bits per heavy atom. The fourth-order valence-electron chi connectivity index (χ4n) is 1.51. The van der Waals surface area contributed by atoms with E-state index in [0.717, 1.165) is 0 Å². The predicted octanol–water partition coefficient (Wildman–Crippen LogP) is 0.789. The third kappa shape index (κ3) is 3.41. The van der Waals surface area contributed by atoms with Crippen molar-refractivity contribution in [2.75, 3.05) is 11.9 Å². The average Bonchev–Trinajstić information content (AvgIpc) is 2.82. The Kier molecular flexibility index (Phi) is 3.92. The number of carbonyl (C=O) groups is 2. The van der Waals surface area contributed by atoms with Crippen molar-refractivity contribution >= 4 is 17.8 Å². The molecular weight excluding hydrogens is 244 g/mol. The van der Waals surface area contributed by atoms with Crippen LogP contribution in [0.2, 0.25) is 0 Å². The van der Waals surface area contributed by atoms with E-state index >= 15 is 0 Å². The van der Waals surface area contributed by atoms with Crippen LogP contribution < -0.4 is 10.6 Å². The summed E-state index contributed by atoms with van der Waals surface area (Å²) in [6.07, 6.45) is 3.30. The summed E-state index contributed by atoms with van der Waals surface area (Å²) < 4.78 is 1.68. The maximum atomic E-state index is 11.7. The van der Waals surface area contributed by atoms with Gasteiger partial charge in [0.1, 0.15) is 0 Å². The summed E-state index contributed by atoms with van der Waals surface area (Å²) in [7, 11) is 1.77. The van der Waals surface area contributed by atoms with Gasteiger partial charge < -0.3 is 9.88 Å². The van der Waals surface area contributed by atoms with Crippen molar-refractivity contribution in [3.63, 3.8) is 0 Å². The number of aromatic nitrogens is 2. The number of anilines is 1. The summed E-state index contributed by atoms with van der Waals surface area (Å²) >= 11 is 0. The quantitative estimate of drug-likeness (QED) is 0.851. The summed E-state index contributed by atoms with van der Waals surface area (Å²) in [5.41, 5.74) is 0.521. The van der Waals surface area contributed by atoms with Crippen LogP contribution >= 0.6 is 0 Å². The van der Waals surface area contributed by atoms with Crippen LogP contribution in [0.4, 0.5) is 5.95 Å². The Balaban J connectivity index is 1.84. The van der Waals surface area contributed by atoms with Crippen LogP contribution in [0.15, 0.2) is 42.7 Å². The smallest absolute Gasteiger partial charge is 0.251 e. The lowest BCUT2D eigenvalue weighted by Crippen LogP contribution is -2.33. The molecule has 98 valence electrons. The first kappa shape index (κ1) is 12.8. The predicted molar refractivity (Wildman–Crippen MR) is 70.6 cm³/mol. The lowest BCUT2D eigenvalue weighted by atomic mass is 10.2. The monoisotopic (exact) mass is 258 g/mol. The van der Waals surface area contributed by atoms with Gasteiger partial charge in [0.15, 0.2) is 0 Å². The zero-order valence-electron chi connectivity index (χ0n) is 10.5. The van der Waals surface area contributed by atoms with Gasteiger partial charge in [-0.15, -0.1) is 0 Å². The zero-order valence-corrected chi connectivity index (χ0v) is 10.5. The molecule has 0 aliphatic carbocycles. The summed E-state index contributed by atoms with van der Waals surface area (Å²) in [5, 5.41) is 5.14. The first-order chi connectivity index (χ1) is 9.16. The highest BCUT2D eigenvalue weighted by Crippen LogP contribution is 2.00. The van der Waals surface area contributed by atoms with E-state index < -0.39 is 0 Å². The van der Waals surface area contributed by atoms with E-state index in [4.69, 9.17) is 0 Å². The zero-order chi connectivity index (χ0) is 13.7. The second-order valence-electron chi connectivity index (χ2n) is 3.96. The molecule has 0 aliphatic heterocycles. The van der Waals surface area contributed by atoms with Crippen molar-refractivity contribution in [2.24, 2.45) is 7.05 Å². The molecule has 2 N–H and O–H groups in total. The summed E-state index contributed by atoms with van der Waals surface area (Å²) in [4.78, 5) is 27.3. The first-order valence-electron chi connectivity index (χ1n) is 5.77. The standard InChI is InChI=1S/C13H14N4O2/c1-17-8-7-14-13(17)16-11(18)9-15-12(19)10-5-3-2-4-6-10/h2-8H,9H2,1H3,(H,15,19)(H,14,16,18). The molecule has 2 aromatic rings. The topological polar surface area (TPSA) is 76.0 Å². The van der Waals surface area contributed by atoms with Gasteiger partial charge in [-0.05, 0) is 12.1 Å². The van der Waals surface area contributed by atoms with Gasteiger partial charge in [-0.1, -0.05) is 18.2 Å². The minimum atomic E-state index is -0.321. The Bertz CT molecular complexity index is 577. The van der Waals surface area contributed by atoms with Crippen molar-refractivity contribution < 1.29 is 9.59 Å². The molecule has 0 saturated carbocycles. The van der Waals surface area contributed by atoms with Crippen LogP contribution in [-0.2, 0) is 11.8 Å². The minimum absolute atomic E-state index is 0.0966. The number of rotatable bonds is 4. The number of hydrogen-bond acceptors (Lipinski definition) is 3. The van der Waals surface area contributed by atoms with Crippen LogP contribution in [-0.4, -0.2) is 27.9 Å². The SMILES string of the molecule is Cn1ccnc1NC(=O)CNC(=O)c1ccccc1. The lowest BCUT2D eigenvalue weighted by Gasteiger charge is -2.06. The van der Waals surface area contributed by atoms with Crippen LogP contribution in [0.1, 0.15) is 10.4 Å². The highest BCUT2D eigenvalue weighted by atomic mass is 16.2. The third-order valence-electron chi connectivity index (χ3n) is 2.52. The lowest BCUT2D eigenvalue weighted by molar-refractivity contribution is -0.115. The molecule has 1 aromatic carbocycles. The van der Waals surface area contributed by atoms with E-state index in [1.165, 1.54) is 0 Å². The van der Waals surface area contributed by atoms with Gasteiger partial charge in [0.25, 0.3) is 5.91 Å². The molecule has 0 atom stereocenters. The molecule has 0 aliphatic rings. The van der Waals surface area contributed by atoms with Crippen molar-refractivity contribution in [3.05, 3.63) is 48.3 Å². The Hall–Kier alpha value is -2.63. The van der Waals surface area contributed by atoms with Gasteiger partial charge in [0, 0.05) is 25.0 Å². The molecule has 0 radical (unpaired) electrons.